The molecule has 3 rings (SSSR count). The highest BCUT2D eigenvalue weighted by molar-refractivity contribution is 8.15. The van der Waals surface area contributed by atoms with Gasteiger partial charge in [0.05, 0.1) is 16.5 Å². The number of hydrogen-bond acceptors (Lipinski definition) is 6. The lowest BCUT2D eigenvalue weighted by atomic mass is 9.83. The molecule has 6 nitrogen and oxygen atoms in total. The number of rotatable bonds is 6. The van der Waals surface area contributed by atoms with Crippen molar-refractivity contribution in [3.05, 3.63) is 53.1 Å². The predicted molar refractivity (Wildman–Crippen MR) is 123 cm³/mol. The van der Waals surface area contributed by atoms with E-state index in [2.05, 4.69) is 21.2 Å². The molecule has 1 aliphatic heterocycles. The number of nitrogens with one attached hydrogen (secondary N) is 1. The second-order valence-electron chi connectivity index (χ2n) is 8.06. The van der Waals surface area contributed by atoms with Crippen LogP contribution in [0.25, 0.3) is 0 Å². The number of aromatic nitrogens is 1. The summed E-state index contributed by atoms with van der Waals surface area (Å²) in [5, 5.41) is 2.93. The number of benzene rings is 1. The van der Waals surface area contributed by atoms with E-state index in [0.717, 1.165) is 11.8 Å². The average molecular weight is 459 g/mol. The van der Waals surface area contributed by atoms with Crippen LogP contribution in [0, 0.1) is 25.1 Å². The molecule has 0 saturated heterocycles. The van der Waals surface area contributed by atoms with Crippen molar-refractivity contribution in [3.63, 3.8) is 0 Å². The lowest BCUT2D eigenvalue weighted by molar-refractivity contribution is 0.102. The number of terminal acetylenes is 1. The summed E-state index contributed by atoms with van der Waals surface area (Å²) in [6.45, 7) is 4.62. The molecular weight excluding hydrogens is 434 g/mol. The number of alkyl halides is 1. The highest BCUT2D eigenvalue weighted by Crippen LogP contribution is 2.46. The van der Waals surface area contributed by atoms with Crippen LogP contribution in [0.15, 0.2) is 35.5 Å². The van der Waals surface area contributed by atoms with Gasteiger partial charge in [0.1, 0.15) is 30.5 Å². The molecule has 0 bridgehead atoms. The number of halogens is 2. The van der Waals surface area contributed by atoms with Crippen LogP contribution in [0.5, 0.6) is 5.75 Å². The van der Waals surface area contributed by atoms with E-state index in [1.54, 1.807) is 26.8 Å². The van der Waals surface area contributed by atoms with Crippen LogP contribution in [0.3, 0.4) is 0 Å². The maximum absolute atomic E-state index is 14.8. The molecule has 0 unspecified atom stereocenters. The van der Waals surface area contributed by atoms with Crippen LogP contribution in [-0.4, -0.2) is 34.1 Å². The molecule has 0 saturated carbocycles. The fourth-order valence-electron chi connectivity index (χ4n) is 3.75. The molecule has 1 aliphatic rings. The number of ether oxygens (including phenoxy) is 1. The van der Waals surface area contributed by atoms with E-state index in [1.807, 2.05) is 0 Å². The van der Waals surface area contributed by atoms with Crippen molar-refractivity contribution in [2.24, 2.45) is 10.7 Å². The van der Waals surface area contributed by atoms with E-state index in [0.29, 0.717) is 17.0 Å². The summed E-state index contributed by atoms with van der Waals surface area (Å²) < 4.78 is 32.9. The van der Waals surface area contributed by atoms with E-state index in [-0.39, 0.29) is 29.5 Å². The Labute approximate surface area is 190 Å². The quantitative estimate of drug-likeness (QED) is 0.634. The third kappa shape index (κ3) is 5.02. The molecule has 168 valence electrons. The molecular formula is C23H24F2N4O2S. The van der Waals surface area contributed by atoms with Gasteiger partial charge in [0.2, 0.25) is 0 Å². The van der Waals surface area contributed by atoms with E-state index >= 15 is 0 Å². The molecule has 0 spiro atoms. The van der Waals surface area contributed by atoms with E-state index in [9.17, 15) is 13.6 Å². The zero-order valence-electron chi connectivity index (χ0n) is 18.0. The number of anilines is 1. The van der Waals surface area contributed by atoms with Gasteiger partial charge in [-0.1, -0.05) is 17.7 Å². The second kappa shape index (κ2) is 9.17. The molecule has 1 amide bonds. The van der Waals surface area contributed by atoms with Crippen molar-refractivity contribution < 1.29 is 18.3 Å². The van der Waals surface area contributed by atoms with Gasteiger partial charge < -0.3 is 15.8 Å². The van der Waals surface area contributed by atoms with Gasteiger partial charge in [0, 0.05) is 11.3 Å². The largest absolute Gasteiger partial charge is 0.479 e. The molecule has 32 heavy (non-hydrogen) atoms. The van der Waals surface area contributed by atoms with Gasteiger partial charge in [-0.15, -0.1) is 6.42 Å². The van der Waals surface area contributed by atoms with Gasteiger partial charge in [0.15, 0.2) is 5.17 Å². The Morgan fingerprint density at radius 1 is 1.41 bits per heavy atom. The topological polar surface area (TPSA) is 89.6 Å². The van der Waals surface area contributed by atoms with Crippen LogP contribution in [-0.2, 0) is 5.54 Å². The molecule has 9 heteroatoms. The Hall–Kier alpha value is -3.12. The number of nitrogens with zero attached hydrogens (tertiary/aromatic N) is 2. The minimum absolute atomic E-state index is 0.0940. The summed E-state index contributed by atoms with van der Waals surface area (Å²) in [5.41, 5.74) is 6.21. The molecule has 2 aromatic rings. The number of carbonyl (C=O) groups excluding carboxylic acids is 1. The Kier molecular flexibility index (Phi) is 6.74. The summed E-state index contributed by atoms with van der Waals surface area (Å²) in [4.78, 5) is 21.3. The number of thioether (sulfide) groups is 1. The number of amides is 1. The van der Waals surface area contributed by atoms with Crippen LogP contribution >= 0.6 is 11.8 Å². The highest BCUT2D eigenvalue weighted by atomic mass is 32.2. The van der Waals surface area contributed by atoms with Crippen molar-refractivity contribution in [2.75, 3.05) is 18.6 Å². The van der Waals surface area contributed by atoms with Crippen molar-refractivity contribution in [2.45, 2.75) is 37.5 Å². The second-order valence-corrected chi connectivity index (χ2v) is 9.67. The SMILES string of the molecule is C#CCOc1cnc(C(=O)Nc2ccc(F)c([C@]3(C)C[C@](C)(CF)SC(N)=N3)c2)c(C)c1. The number of carbonyl (C=O) groups is 1. The highest BCUT2D eigenvalue weighted by Gasteiger charge is 2.43. The number of pyridine rings is 1. The first-order chi connectivity index (χ1) is 15.1. The van der Waals surface area contributed by atoms with Crippen molar-refractivity contribution in [1.82, 2.24) is 4.98 Å². The van der Waals surface area contributed by atoms with Crippen LogP contribution in [0.2, 0.25) is 0 Å². The average Bonchev–Trinajstić information content (AvgIpc) is 2.72. The Balaban J connectivity index is 1.87. The first-order valence-corrected chi connectivity index (χ1v) is 10.7. The third-order valence-corrected chi connectivity index (χ3v) is 6.15. The smallest absolute Gasteiger partial charge is 0.274 e. The standard InChI is InChI=1S/C23H24F2N4O2S/c1-5-8-31-16-9-14(2)19(27-11-16)20(30)28-15-6-7-18(25)17(10-15)23(4)12-22(3,13-24)32-21(26)29-23/h1,6-7,9-11H,8,12-13H2,2-4H3,(H2,26,29)(H,28,30)/t22-,23+/m1/s1. The van der Waals surface area contributed by atoms with E-state index in [4.69, 9.17) is 16.9 Å². The first kappa shape index (κ1) is 23.5. The van der Waals surface area contributed by atoms with Gasteiger partial charge in [-0.05, 0) is 57.0 Å². The molecule has 3 N–H and O–H groups in total. The van der Waals surface area contributed by atoms with Gasteiger partial charge in [-0.2, -0.15) is 0 Å². The third-order valence-electron chi connectivity index (χ3n) is 5.10. The molecule has 1 aromatic heterocycles. The predicted octanol–water partition coefficient (Wildman–Crippen LogP) is 4.19. The number of amidine groups is 1. The zero-order chi connectivity index (χ0) is 23.5. The number of aliphatic imine (C=N–C) groups is 1. The van der Waals surface area contributed by atoms with Crippen molar-refractivity contribution in [3.8, 4) is 18.1 Å². The summed E-state index contributed by atoms with van der Waals surface area (Å²) in [6, 6.07) is 5.84. The minimum atomic E-state index is -1.08. The normalized spacial score (nSPS) is 22.6. The molecule has 2 heterocycles. The summed E-state index contributed by atoms with van der Waals surface area (Å²) in [5.74, 6) is 1.83. The lowest BCUT2D eigenvalue weighted by Gasteiger charge is -2.39. The van der Waals surface area contributed by atoms with E-state index < -0.39 is 28.7 Å². The number of aryl methyl sites for hydroxylation is 1. The van der Waals surface area contributed by atoms with Gasteiger partial charge >= 0.3 is 0 Å². The van der Waals surface area contributed by atoms with Gasteiger partial charge in [0.25, 0.3) is 5.91 Å². The van der Waals surface area contributed by atoms with Gasteiger partial charge in [-0.3, -0.25) is 9.79 Å². The van der Waals surface area contributed by atoms with Crippen molar-refractivity contribution >= 4 is 28.5 Å². The zero-order valence-corrected chi connectivity index (χ0v) is 18.9. The fraction of sp³-hybridized carbons (Fsp3) is 0.348. The molecule has 0 fully saturated rings. The number of hydrogen-bond donors (Lipinski definition) is 2. The van der Waals surface area contributed by atoms with Crippen LogP contribution in [0.1, 0.15) is 41.9 Å². The molecule has 0 aliphatic carbocycles. The molecule has 2 atom stereocenters. The Bertz CT molecular complexity index is 1120. The summed E-state index contributed by atoms with van der Waals surface area (Å²) >= 11 is 1.14. The van der Waals surface area contributed by atoms with Crippen LogP contribution in [0.4, 0.5) is 14.5 Å². The summed E-state index contributed by atoms with van der Waals surface area (Å²) in [6.07, 6.45) is 6.83. The maximum atomic E-state index is 14.8. The lowest BCUT2D eigenvalue weighted by Crippen LogP contribution is -2.41. The van der Waals surface area contributed by atoms with Crippen molar-refractivity contribution in [1.29, 1.82) is 0 Å². The molecule has 1 aromatic carbocycles. The molecule has 0 radical (unpaired) electrons. The monoisotopic (exact) mass is 458 g/mol. The first-order valence-electron chi connectivity index (χ1n) is 9.84. The Morgan fingerprint density at radius 2 is 2.16 bits per heavy atom. The number of nitrogens with two attached hydrogens (primary N) is 1. The van der Waals surface area contributed by atoms with Gasteiger partial charge in [-0.25, -0.2) is 13.8 Å². The van der Waals surface area contributed by atoms with E-state index in [1.165, 1.54) is 24.4 Å². The Morgan fingerprint density at radius 3 is 2.81 bits per heavy atom. The van der Waals surface area contributed by atoms with Crippen LogP contribution < -0.4 is 15.8 Å². The summed E-state index contributed by atoms with van der Waals surface area (Å²) in [7, 11) is 0. The maximum Gasteiger partial charge on any atom is 0.274 e. The minimum Gasteiger partial charge on any atom is -0.479 e. The fourth-order valence-corrected chi connectivity index (χ4v) is 4.91.